The average molecular weight is 361 g/mol. The summed E-state index contributed by atoms with van der Waals surface area (Å²) in [5.74, 6) is 0.715. The lowest BCUT2D eigenvalue weighted by Crippen LogP contribution is -2.23. The zero-order valence-electron chi connectivity index (χ0n) is 15.3. The number of ether oxygens (including phenoxy) is 1. The highest BCUT2D eigenvalue weighted by atomic mass is 16.5. The molecule has 3 heterocycles. The number of para-hydroxylation sites is 1. The summed E-state index contributed by atoms with van der Waals surface area (Å²) in [5, 5.41) is 9.32. The molecule has 1 aromatic carbocycles. The van der Waals surface area contributed by atoms with Crippen LogP contribution in [0.5, 0.6) is 5.75 Å². The van der Waals surface area contributed by atoms with Crippen molar-refractivity contribution in [2.45, 2.75) is 19.9 Å². The van der Waals surface area contributed by atoms with E-state index in [1.165, 1.54) is 10.7 Å². The SMILES string of the molecule is COc1ccccc1-c1nn2ccncc2c1-c1ccc(=O)n(C(C)C)n1. The summed E-state index contributed by atoms with van der Waals surface area (Å²) < 4.78 is 8.76. The third-order valence-electron chi connectivity index (χ3n) is 4.37. The molecule has 7 heteroatoms. The van der Waals surface area contributed by atoms with E-state index in [0.29, 0.717) is 11.4 Å². The van der Waals surface area contributed by atoms with Crippen LogP contribution in [0.4, 0.5) is 0 Å². The van der Waals surface area contributed by atoms with Crippen LogP contribution in [-0.4, -0.2) is 31.5 Å². The van der Waals surface area contributed by atoms with Crippen LogP contribution in [-0.2, 0) is 0 Å². The number of fused-ring (bicyclic) bond motifs is 1. The molecule has 0 saturated heterocycles. The molecule has 0 radical (unpaired) electrons. The van der Waals surface area contributed by atoms with Crippen molar-refractivity contribution in [3.8, 4) is 28.3 Å². The maximum atomic E-state index is 12.1. The highest BCUT2D eigenvalue weighted by Crippen LogP contribution is 2.37. The van der Waals surface area contributed by atoms with Crippen molar-refractivity contribution in [1.82, 2.24) is 24.4 Å². The Balaban J connectivity index is 2.06. The van der Waals surface area contributed by atoms with Gasteiger partial charge in [0.1, 0.15) is 11.4 Å². The molecule has 0 saturated carbocycles. The van der Waals surface area contributed by atoms with Gasteiger partial charge in [-0.05, 0) is 32.0 Å². The lowest BCUT2D eigenvalue weighted by atomic mass is 10.0. The molecule has 0 amide bonds. The van der Waals surface area contributed by atoms with Gasteiger partial charge in [0.25, 0.3) is 5.56 Å². The quantitative estimate of drug-likeness (QED) is 0.558. The van der Waals surface area contributed by atoms with E-state index in [1.54, 1.807) is 36.3 Å². The number of nitrogens with zero attached hydrogens (tertiary/aromatic N) is 5. The van der Waals surface area contributed by atoms with Crippen LogP contribution in [0.25, 0.3) is 28.0 Å². The number of aromatic nitrogens is 5. The van der Waals surface area contributed by atoms with E-state index >= 15 is 0 Å². The Bertz CT molecular complexity index is 1180. The molecule has 0 spiro atoms. The number of rotatable bonds is 4. The van der Waals surface area contributed by atoms with Gasteiger partial charge in [-0.25, -0.2) is 9.20 Å². The molecule has 0 N–H and O–H groups in total. The summed E-state index contributed by atoms with van der Waals surface area (Å²) >= 11 is 0. The average Bonchev–Trinajstić information content (AvgIpc) is 3.07. The van der Waals surface area contributed by atoms with E-state index in [2.05, 4.69) is 10.1 Å². The van der Waals surface area contributed by atoms with Crippen molar-refractivity contribution < 1.29 is 4.74 Å². The van der Waals surface area contributed by atoms with Gasteiger partial charge in [-0.1, -0.05) is 12.1 Å². The molecule has 0 aliphatic heterocycles. The van der Waals surface area contributed by atoms with Gasteiger partial charge in [-0.2, -0.15) is 10.2 Å². The first kappa shape index (κ1) is 17.0. The van der Waals surface area contributed by atoms with Crippen molar-refractivity contribution in [3.05, 3.63) is 65.3 Å². The van der Waals surface area contributed by atoms with Crippen molar-refractivity contribution in [3.63, 3.8) is 0 Å². The second-order valence-corrected chi connectivity index (χ2v) is 6.43. The third kappa shape index (κ3) is 2.87. The molecule has 4 rings (SSSR count). The maximum Gasteiger partial charge on any atom is 0.267 e. The Kier molecular flexibility index (Phi) is 4.19. The molecule has 0 aliphatic carbocycles. The smallest absolute Gasteiger partial charge is 0.267 e. The number of hydrogen-bond donors (Lipinski definition) is 0. The molecule has 0 atom stereocenters. The topological polar surface area (TPSA) is 74.3 Å². The lowest BCUT2D eigenvalue weighted by Gasteiger charge is -2.11. The van der Waals surface area contributed by atoms with E-state index in [9.17, 15) is 4.79 Å². The first-order chi connectivity index (χ1) is 13.1. The summed E-state index contributed by atoms with van der Waals surface area (Å²) in [5.41, 5.74) is 3.71. The van der Waals surface area contributed by atoms with Crippen molar-refractivity contribution in [1.29, 1.82) is 0 Å². The largest absolute Gasteiger partial charge is 0.496 e. The van der Waals surface area contributed by atoms with Crippen LogP contribution in [0.15, 0.2) is 59.8 Å². The molecule has 7 nitrogen and oxygen atoms in total. The summed E-state index contributed by atoms with van der Waals surface area (Å²) in [6.45, 7) is 3.86. The van der Waals surface area contributed by atoms with Gasteiger partial charge in [0.05, 0.1) is 36.1 Å². The van der Waals surface area contributed by atoms with Crippen LogP contribution in [0.1, 0.15) is 19.9 Å². The summed E-state index contributed by atoms with van der Waals surface area (Å²) in [7, 11) is 1.63. The molecular formula is C20H19N5O2. The van der Waals surface area contributed by atoms with Crippen molar-refractivity contribution >= 4 is 5.52 Å². The van der Waals surface area contributed by atoms with Gasteiger partial charge >= 0.3 is 0 Å². The fraction of sp³-hybridized carbons (Fsp3) is 0.200. The molecule has 0 unspecified atom stereocenters. The van der Waals surface area contributed by atoms with Crippen LogP contribution >= 0.6 is 0 Å². The Morgan fingerprint density at radius 2 is 1.89 bits per heavy atom. The predicted molar refractivity (Wildman–Crippen MR) is 103 cm³/mol. The van der Waals surface area contributed by atoms with Gasteiger partial charge < -0.3 is 4.74 Å². The summed E-state index contributed by atoms with van der Waals surface area (Å²) in [4.78, 5) is 16.4. The molecule has 136 valence electrons. The van der Waals surface area contributed by atoms with Crippen LogP contribution in [0.2, 0.25) is 0 Å². The Morgan fingerprint density at radius 3 is 2.67 bits per heavy atom. The fourth-order valence-electron chi connectivity index (χ4n) is 3.11. The minimum absolute atomic E-state index is 0.0490. The highest BCUT2D eigenvalue weighted by Gasteiger charge is 2.21. The molecule has 0 fully saturated rings. The molecule has 3 aromatic heterocycles. The molecule has 27 heavy (non-hydrogen) atoms. The molecular weight excluding hydrogens is 342 g/mol. The first-order valence-electron chi connectivity index (χ1n) is 8.66. The summed E-state index contributed by atoms with van der Waals surface area (Å²) in [6.07, 6.45) is 5.21. The second kappa shape index (κ2) is 6.68. The van der Waals surface area contributed by atoms with Crippen LogP contribution in [0, 0.1) is 0 Å². The minimum Gasteiger partial charge on any atom is -0.496 e. The Morgan fingerprint density at radius 1 is 1.07 bits per heavy atom. The van der Waals surface area contributed by atoms with Crippen LogP contribution in [0.3, 0.4) is 0 Å². The standard InChI is InChI=1S/C20H19N5O2/c1-13(2)25-18(26)9-8-15(22-25)19-16-12-21-10-11-24(16)23-20(19)14-6-4-5-7-17(14)27-3/h4-13H,1-3H3. The first-order valence-corrected chi connectivity index (χ1v) is 8.66. The molecule has 4 aromatic rings. The monoisotopic (exact) mass is 361 g/mol. The van der Waals surface area contributed by atoms with E-state index in [1.807, 2.05) is 38.1 Å². The van der Waals surface area contributed by atoms with E-state index in [4.69, 9.17) is 9.84 Å². The van der Waals surface area contributed by atoms with Gasteiger partial charge in [0, 0.05) is 24.0 Å². The van der Waals surface area contributed by atoms with Crippen molar-refractivity contribution in [2.24, 2.45) is 0 Å². The number of benzene rings is 1. The zero-order valence-corrected chi connectivity index (χ0v) is 15.3. The number of hydrogen-bond acceptors (Lipinski definition) is 5. The zero-order chi connectivity index (χ0) is 19.0. The second-order valence-electron chi connectivity index (χ2n) is 6.43. The van der Waals surface area contributed by atoms with E-state index in [0.717, 1.165) is 22.3 Å². The predicted octanol–water partition coefficient (Wildman–Crippen LogP) is 3.21. The summed E-state index contributed by atoms with van der Waals surface area (Å²) in [6, 6.07) is 10.9. The van der Waals surface area contributed by atoms with Gasteiger partial charge in [0.2, 0.25) is 0 Å². The third-order valence-corrected chi connectivity index (χ3v) is 4.37. The van der Waals surface area contributed by atoms with E-state index in [-0.39, 0.29) is 11.6 Å². The van der Waals surface area contributed by atoms with Gasteiger partial charge in [-0.15, -0.1) is 0 Å². The normalized spacial score (nSPS) is 11.3. The molecule has 0 aliphatic rings. The van der Waals surface area contributed by atoms with Crippen molar-refractivity contribution in [2.75, 3.05) is 7.11 Å². The Hall–Kier alpha value is -3.48. The Labute approximate surface area is 155 Å². The fourth-order valence-corrected chi connectivity index (χ4v) is 3.11. The van der Waals surface area contributed by atoms with Crippen LogP contribution < -0.4 is 10.3 Å². The highest BCUT2D eigenvalue weighted by molar-refractivity contribution is 5.91. The molecule has 0 bridgehead atoms. The maximum absolute atomic E-state index is 12.1. The van der Waals surface area contributed by atoms with E-state index < -0.39 is 0 Å². The minimum atomic E-state index is -0.137. The lowest BCUT2D eigenvalue weighted by molar-refractivity contribution is 0.416. The number of methoxy groups -OCH3 is 1. The van der Waals surface area contributed by atoms with Gasteiger partial charge in [0.15, 0.2) is 0 Å². The van der Waals surface area contributed by atoms with Gasteiger partial charge in [-0.3, -0.25) is 9.78 Å².